The van der Waals surface area contributed by atoms with Crippen LogP contribution in [0.5, 0.6) is 0 Å². The molecule has 1 aromatic heterocycles. The summed E-state index contributed by atoms with van der Waals surface area (Å²) in [6.07, 6.45) is 4.36. The van der Waals surface area contributed by atoms with E-state index in [4.69, 9.17) is 0 Å². The second-order valence-electron chi connectivity index (χ2n) is 6.74. The van der Waals surface area contributed by atoms with Gasteiger partial charge in [0.05, 0.1) is 11.2 Å². The number of carbonyl (C=O) groups is 1. The SMILES string of the molecule is Cc1cc(C)n(CCC(=O)NC2(c3ccc(F)cc3)CCCC2)n1. The van der Waals surface area contributed by atoms with Gasteiger partial charge in [0, 0.05) is 18.7 Å². The van der Waals surface area contributed by atoms with E-state index in [9.17, 15) is 9.18 Å². The molecule has 0 unspecified atom stereocenters. The number of halogens is 1. The third-order valence-electron chi connectivity index (χ3n) is 4.89. The summed E-state index contributed by atoms with van der Waals surface area (Å²) in [5.74, 6) is -0.225. The predicted octanol–water partition coefficient (Wildman–Crippen LogP) is 3.61. The molecule has 1 saturated carbocycles. The number of rotatable bonds is 5. The van der Waals surface area contributed by atoms with Gasteiger partial charge in [-0.25, -0.2) is 4.39 Å². The molecule has 0 atom stereocenters. The largest absolute Gasteiger partial charge is 0.347 e. The van der Waals surface area contributed by atoms with Gasteiger partial charge in [-0.05, 0) is 50.5 Å². The molecular formula is C19H24FN3O. The van der Waals surface area contributed by atoms with Crippen molar-refractivity contribution in [3.63, 3.8) is 0 Å². The lowest BCUT2D eigenvalue weighted by molar-refractivity contribution is -0.123. The van der Waals surface area contributed by atoms with Crippen molar-refractivity contribution in [1.82, 2.24) is 15.1 Å². The summed E-state index contributed by atoms with van der Waals surface area (Å²) < 4.78 is 15.1. The first-order valence-electron chi connectivity index (χ1n) is 8.57. The highest BCUT2D eigenvalue weighted by Crippen LogP contribution is 2.38. The molecule has 1 fully saturated rings. The number of aryl methyl sites for hydroxylation is 3. The maximum Gasteiger partial charge on any atom is 0.222 e. The quantitative estimate of drug-likeness (QED) is 0.911. The van der Waals surface area contributed by atoms with Gasteiger partial charge in [0.25, 0.3) is 0 Å². The van der Waals surface area contributed by atoms with Crippen LogP contribution in [0, 0.1) is 19.7 Å². The lowest BCUT2D eigenvalue weighted by Gasteiger charge is -2.31. The van der Waals surface area contributed by atoms with E-state index in [0.717, 1.165) is 42.6 Å². The molecule has 0 bridgehead atoms. The van der Waals surface area contributed by atoms with E-state index in [1.807, 2.05) is 24.6 Å². The summed E-state index contributed by atoms with van der Waals surface area (Å²) in [6.45, 7) is 4.52. The zero-order valence-corrected chi connectivity index (χ0v) is 14.3. The van der Waals surface area contributed by atoms with Gasteiger partial charge in [-0.15, -0.1) is 0 Å². The Morgan fingerprint density at radius 1 is 1.25 bits per heavy atom. The van der Waals surface area contributed by atoms with Crippen LogP contribution in [0.4, 0.5) is 4.39 Å². The Hall–Kier alpha value is -2.17. The van der Waals surface area contributed by atoms with Gasteiger partial charge >= 0.3 is 0 Å². The topological polar surface area (TPSA) is 46.9 Å². The molecule has 1 N–H and O–H groups in total. The normalized spacial score (nSPS) is 16.3. The molecule has 4 nitrogen and oxygen atoms in total. The lowest BCUT2D eigenvalue weighted by atomic mass is 9.88. The van der Waals surface area contributed by atoms with Crippen molar-refractivity contribution in [3.05, 3.63) is 53.1 Å². The number of hydrogen-bond donors (Lipinski definition) is 1. The zero-order valence-electron chi connectivity index (χ0n) is 14.3. The minimum absolute atomic E-state index is 0.0220. The Bertz CT molecular complexity index is 715. The molecule has 0 aliphatic heterocycles. The fourth-order valence-corrected chi connectivity index (χ4v) is 3.67. The number of nitrogens with one attached hydrogen (secondary N) is 1. The maximum atomic E-state index is 13.2. The van der Waals surface area contributed by atoms with Crippen molar-refractivity contribution in [2.24, 2.45) is 0 Å². The van der Waals surface area contributed by atoms with E-state index in [-0.39, 0.29) is 17.3 Å². The van der Waals surface area contributed by atoms with Crippen molar-refractivity contribution in [2.45, 2.75) is 58.0 Å². The zero-order chi connectivity index (χ0) is 17.2. The highest BCUT2D eigenvalue weighted by atomic mass is 19.1. The molecule has 0 radical (unpaired) electrons. The van der Waals surface area contributed by atoms with E-state index in [1.54, 1.807) is 12.1 Å². The molecule has 1 aliphatic carbocycles. The van der Waals surface area contributed by atoms with E-state index >= 15 is 0 Å². The van der Waals surface area contributed by atoms with E-state index < -0.39 is 0 Å². The summed E-state index contributed by atoms with van der Waals surface area (Å²) >= 11 is 0. The first kappa shape index (κ1) is 16.7. The van der Waals surface area contributed by atoms with Crippen LogP contribution in [0.3, 0.4) is 0 Å². The average Bonchev–Trinajstić information content (AvgIpc) is 3.13. The summed E-state index contributed by atoms with van der Waals surface area (Å²) in [5.41, 5.74) is 2.68. The van der Waals surface area contributed by atoms with Crippen LogP contribution >= 0.6 is 0 Å². The molecule has 24 heavy (non-hydrogen) atoms. The first-order valence-corrected chi connectivity index (χ1v) is 8.57. The Balaban J connectivity index is 1.68. The predicted molar refractivity (Wildman–Crippen MR) is 91.0 cm³/mol. The molecular weight excluding hydrogens is 305 g/mol. The van der Waals surface area contributed by atoms with Crippen LogP contribution < -0.4 is 5.32 Å². The van der Waals surface area contributed by atoms with E-state index in [2.05, 4.69) is 10.4 Å². The summed E-state index contributed by atoms with van der Waals surface area (Å²) in [6, 6.07) is 8.54. The Morgan fingerprint density at radius 2 is 1.92 bits per heavy atom. The molecule has 128 valence electrons. The molecule has 0 saturated heterocycles. The number of nitrogens with zero attached hydrogens (tertiary/aromatic N) is 2. The van der Waals surface area contributed by atoms with Gasteiger partial charge in [-0.1, -0.05) is 25.0 Å². The monoisotopic (exact) mass is 329 g/mol. The van der Waals surface area contributed by atoms with Crippen LogP contribution in [0.2, 0.25) is 0 Å². The second-order valence-corrected chi connectivity index (χ2v) is 6.74. The number of hydrogen-bond acceptors (Lipinski definition) is 2. The number of aromatic nitrogens is 2. The van der Waals surface area contributed by atoms with Crippen molar-refractivity contribution < 1.29 is 9.18 Å². The molecule has 1 amide bonds. The summed E-state index contributed by atoms with van der Waals surface area (Å²) in [7, 11) is 0. The van der Waals surface area contributed by atoms with Crippen molar-refractivity contribution >= 4 is 5.91 Å². The van der Waals surface area contributed by atoms with Gasteiger partial charge in [-0.3, -0.25) is 9.48 Å². The minimum Gasteiger partial charge on any atom is -0.347 e. The fraction of sp³-hybridized carbons (Fsp3) is 0.474. The number of benzene rings is 1. The maximum absolute atomic E-state index is 13.2. The standard InChI is InChI=1S/C19H24FN3O/c1-14-13-15(2)23(22-14)12-9-18(24)21-19(10-3-4-11-19)16-5-7-17(20)8-6-16/h5-8,13H,3-4,9-12H2,1-2H3,(H,21,24). The Morgan fingerprint density at radius 3 is 2.50 bits per heavy atom. The van der Waals surface area contributed by atoms with Crippen LogP contribution in [0.25, 0.3) is 0 Å². The fourth-order valence-electron chi connectivity index (χ4n) is 3.67. The minimum atomic E-state index is -0.347. The summed E-state index contributed by atoms with van der Waals surface area (Å²) in [5, 5.41) is 7.62. The highest BCUT2D eigenvalue weighted by molar-refractivity contribution is 5.77. The van der Waals surface area contributed by atoms with Crippen molar-refractivity contribution in [1.29, 1.82) is 0 Å². The van der Waals surface area contributed by atoms with Gasteiger partial charge in [-0.2, -0.15) is 5.10 Å². The van der Waals surface area contributed by atoms with Crippen LogP contribution in [-0.2, 0) is 16.9 Å². The average molecular weight is 329 g/mol. The molecule has 1 aromatic carbocycles. The first-order chi connectivity index (χ1) is 11.5. The molecule has 0 spiro atoms. The molecule has 5 heteroatoms. The van der Waals surface area contributed by atoms with Crippen molar-refractivity contribution in [3.8, 4) is 0 Å². The number of carbonyl (C=O) groups excluding carboxylic acids is 1. The highest BCUT2D eigenvalue weighted by Gasteiger charge is 2.36. The van der Waals surface area contributed by atoms with Gasteiger partial charge in [0.1, 0.15) is 5.82 Å². The van der Waals surface area contributed by atoms with Crippen LogP contribution in [0.15, 0.2) is 30.3 Å². The third kappa shape index (κ3) is 3.50. The summed E-state index contributed by atoms with van der Waals surface area (Å²) in [4.78, 5) is 12.5. The number of amides is 1. The smallest absolute Gasteiger partial charge is 0.222 e. The van der Waals surface area contributed by atoms with E-state index in [1.165, 1.54) is 12.1 Å². The Labute approximate surface area is 142 Å². The van der Waals surface area contributed by atoms with Gasteiger partial charge in [0.15, 0.2) is 0 Å². The molecule has 1 aliphatic rings. The molecule has 3 rings (SSSR count). The van der Waals surface area contributed by atoms with Crippen LogP contribution in [-0.4, -0.2) is 15.7 Å². The third-order valence-corrected chi connectivity index (χ3v) is 4.89. The van der Waals surface area contributed by atoms with E-state index in [0.29, 0.717) is 13.0 Å². The van der Waals surface area contributed by atoms with Crippen LogP contribution in [0.1, 0.15) is 49.1 Å². The second kappa shape index (κ2) is 6.75. The van der Waals surface area contributed by atoms with Gasteiger partial charge < -0.3 is 5.32 Å². The lowest BCUT2D eigenvalue weighted by Crippen LogP contribution is -2.44. The Kier molecular flexibility index (Phi) is 4.69. The molecule has 2 aromatic rings. The van der Waals surface area contributed by atoms with Gasteiger partial charge in [0.2, 0.25) is 5.91 Å². The van der Waals surface area contributed by atoms with Crippen molar-refractivity contribution in [2.75, 3.05) is 0 Å². The molecule has 1 heterocycles.